The molecule has 0 spiro atoms. The first kappa shape index (κ1) is 19.9. The maximum atomic E-state index is 13.2. The van der Waals surface area contributed by atoms with Gasteiger partial charge in [0.2, 0.25) is 0 Å². The Bertz CT molecular complexity index is 839. The quantitative estimate of drug-likeness (QED) is 0.315. The van der Waals surface area contributed by atoms with Crippen LogP contribution in [0.5, 0.6) is 11.5 Å². The number of hydrogen-bond donors (Lipinski definition) is 0. The summed E-state index contributed by atoms with van der Waals surface area (Å²) in [7, 11) is 1.34. The summed E-state index contributed by atoms with van der Waals surface area (Å²) in [6, 6.07) is 11.5. The number of esters is 1. The average molecular weight is 390 g/mol. The van der Waals surface area contributed by atoms with Crippen LogP contribution in [0.2, 0.25) is 0 Å². The summed E-state index contributed by atoms with van der Waals surface area (Å²) in [5.74, 6) is -0.336. The minimum absolute atomic E-state index is 0.0214. The average Bonchev–Trinajstić information content (AvgIpc) is 2.60. The summed E-state index contributed by atoms with van der Waals surface area (Å²) >= 11 is 0. The third-order valence-electron chi connectivity index (χ3n) is 4.07. The normalized spacial score (nSPS) is 14.8. The molecule has 1 saturated heterocycles. The van der Waals surface area contributed by atoms with E-state index in [-0.39, 0.29) is 23.8 Å². The highest BCUT2D eigenvalue weighted by Gasteiger charge is 2.33. The molecule has 1 fully saturated rings. The van der Waals surface area contributed by atoms with Crippen molar-refractivity contribution in [2.75, 3.05) is 13.1 Å². The van der Waals surface area contributed by atoms with Crippen molar-refractivity contribution in [2.45, 2.75) is 18.7 Å². The first-order valence-corrected chi connectivity index (χ1v) is 8.50. The molecule has 0 unspecified atom stereocenters. The minimum atomic E-state index is -4.58. The Kier molecular flexibility index (Phi) is 6.04. The van der Waals surface area contributed by atoms with Crippen molar-refractivity contribution >= 4 is 19.6 Å². The number of para-hydroxylation sites is 1. The highest BCUT2D eigenvalue weighted by Crippen LogP contribution is 2.33. The molecule has 9 heteroatoms. The molecule has 1 radical (unpaired) electrons. The fourth-order valence-corrected chi connectivity index (χ4v) is 2.76. The molecule has 0 N–H and O–H groups in total. The molecular weight excluding hydrogens is 374 g/mol. The van der Waals surface area contributed by atoms with Crippen LogP contribution >= 0.6 is 0 Å². The molecule has 0 saturated carbocycles. The number of hydrogen-bond acceptors (Lipinski definition) is 5. The number of ether oxygens (including phenoxy) is 2. The molecule has 1 aliphatic heterocycles. The summed E-state index contributed by atoms with van der Waals surface area (Å²) < 4.78 is 50.3. The Labute approximate surface area is 160 Å². The molecule has 0 bridgehead atoms. The molecule has 1 aliphatic rings. The highest BCUT2D eigenvalue weighted by atomic mass is 19.4. The summed E-state index contributed by atoms with van der Waals surface area (Å²) in [4.78, 5) is 24.2. The van der Waals surface area contributed by atoms with Crippen molar-refractivity contribution in [3.63, 3.8) is 0 Å². The van der Waals surface area contributed by atoms with Gasteiger partial charge >= 0.3 is 12.1 Å². The molecule has 5 nitrogen and oxygen atoms in total. The second-order valence-corrected chi connectivity index (χ2v) is 6.31. The van der Waals surface area contributed by atoms with Gasteiger partial charge in [0.15, 0.2) is 0 Å². The summed E-state index contributed by atoms with van der Waals surface area (Å²) in [6.45, 7) is 0.806. The second kappa shape index (κ2) is 8.47. The lowest BCUT2D eigenvalue weighted by Crippen LogP contribution is -2.55. The van der Waals surface area contributed by atoms with Gasteiger partial charge in [0.05, 0.1) is 18.2 Å². The van der Waals surface area contributed by atoms with E-state index in [1.807, 2.05) is 0 Å². The Morgan fingerprint density at radius 1 is 1.14 bits per heavy atom. The Balaban J connectivity index is 1.71. The van der Waals surface area contributed by atoms with Crippen LogP contribution in [0.15, 0.2) is 48.5 Å². The molecule has 3 rings (SSSR count). The van der Waals surface area contributed by atoms with Gasteiger partial charge < -0.3 is 19.1 Å². The minimum Gasteiger partial charge on any atom is -0.488 e. The third-order valence-corrected chi connectivity index (χ3v) is 4.07. The summed E-state index contributed by atoms with van der Waals surface area (Å²) in [5.41, 5.74) is -0.760. The van der Waals surface area contributed by atoms with Gasteiger partial charge in [-0.25, -0.2) is 0 Å². The fourth-order valence-electron chi connectivity index (χ4n) is 2.76. The first-order valence-electron chi connectivity index (χ1n) is 8.50. The van der Waals surface area contributed by atoms with Crippen LogP contribution in [0, 0.1) is 0 Å². The lowest BCUT2D eigenvalue weighted by Gasteiger charge is -2.38. The predicted molar refractivity (Wildman–Crippen MR) is 95.7 cm³/mol. The van der Waals surface area contributed by atoms with Crippen molar-refractivity contribution in [3.8, 4) is 11.5 Å². The van der Waals surface area contributed by atoms with Crippen LogP contribution in [0.3, 0.4) is 0 Å². The monoisotopic (exact) mass is 390 g/mol. The Hall–Kier alpha value is -2.81. The number of benzene rings is 2. The van der Waals surface area contributed by atoms with Gasteiger partial charge in [-0.05, 0) is 35.9 Å². The number of alkyl halides is 3. The van der Waals surface area contributed by atoms with Gasteiger partial charge in [-0.1, -0.05) is 18.2 Å². The SMILES string of the molecule is O=C[B]N1CC(Oc2cc(CC(=O)Oc3ccccc3)cc(C(F)(F)F)c2)C1. The smallest absolute Gasteiger partial charge is 0.416 e. The van der Waals surface area contributed by atoms with Gasteiger partial charge in [0.1, 0.15) is 17.6 Å². The molecule has 1 heterocycles. The highest BCUT2D eigenvalue weighted by molar-refractivity contribution is 6.64. The van der Waals surface area contributed by atoms with Gasteiger partial charge in [-0.15, -0.1) is 0 Å². The van der Waals surface area contributed by atoms with Gasteiger partial charge in [-0.2, -0.15) is 13.2 Å². The number of nitrogens with zero attached hydrogens (tertiary/aromatic N) is 1. The number of carbonyl (C=O) groups is 2. The standard InChI is InChI=1S/C19H16BF3NO4/c21-19(22,23)14-6-13(8-18(26)28-15-4-2-1-3-5-15)7-16(9-14)27-17-10-24(11-17)20-12-25/h1-7,9,12,17H,8,10-11H2. The van der Waals surface area contributed by atoms with Crippen LogP contribution in [-0.2, 0) is 22.2 Å². The van der Waals surface area contributed by atoms with Gasteiger partial charge in [0, 0.05) is 13.1 Å². The van der Waals surface area contributed by atoms with Gasteiger partial charge in [-0.3, -0.25) is 4.79 Å². The lowest BCUT2D eigenvalue weighted by atomic mass is 9.89. The maximum absolute atomic E-state index is 13.2. The number of carbonyl (C=O) groups excluding carboxylic acids is 2. The maximum Gasteiger partial charge on any atom is 0.416 e. The van der Waals surface area contributed by atoms with Crippen LogP contribution in [0.4, 0.5) is 13.2 Å². The predicted octanol–water partition coefficient (Wildman–Crippen LogP) is 2.73. The topological polar surface area (TPSA) is 55.8 Å². The van der Waals surface area contributed by atoms with Crippen molar-refractivity contribution in [2.24, 2.45) is 0 Å². The van der Waals surface area contributed by atoms with Crippen LogP contribution in [0.1, 0.15) is 11.1 Å². The molecule has 0 aromatic heterocycles. The zero-order valence-corrected chi connectivity index (χ0v) is 14.7. The van der Waals surface area contributed by atoms with E-state index in [1.165, 1.54) is 13.5 Å². The van der Waals surface area contributed by atoms with E-state index in [4.69, 9.17) is 9.47 Å². The largest absolute Gasteiger partial charge is 0.488 e. The van der Waals surface area contributed by atoms with E-state index in [0.29, 0.717) is 25.0 Å². The second-order valence-electron chi connectivity index (χ2n) is 6.31. The lowest BCUT2D eigenvalue weighted by molar-refractivity contribution is -0.138. The molecule has 2 aromatic carbocycles. The summed E-state index contributed by atoms with van der Waals surface area (Å²) in [5, 5.41) is 0. The first-order chi connectivity index (χ1) is 13.3. The Morgan fingerprint density at radius 2 is 1.86 bits per heavy atom. The molecule has 145 valence electrons. The molecular formula is C19H16BF3NO4. The van der Waals surface area contributed by atoms with Crippen LogP contribution in [-0.4, -0.2) is 43.6 Å². The van der Waals surface area contributed by atoms with E-state index in [9.17, 15) is 22.8 Å². The van der Waals surface area contributed by atoms with E-state index >= 15 is 0 Å². The van der Waals surface area contributed by atoms with Gasteiger partial charge in [0.25, 0.3) is 7.41 Å². The van der Waals surface area contributed by atoms with E-state index in [0.717, 1.165) is 12.1 Å². The molecule has 2 aromatic rings. The van der Waals surface area contributed by atoms with Crippen molar-refractivity contribution < 1.29 is 32.2 Å². The van der Waals surface area contributed by atoms with E-state index in [2.05, 4.69) is 0 Å². The van der Waals surface area contributed by atoms with Crippen molar-refractivity contribution in [1.29, 1.82) is 0 Å². The van der Waals surface area contributed by atoms with E-state index in [1.54, 1.807) is 35.1 Å². The van der Waals surface area contributed by atoms with Crippen molar-refractivity contribution in [1.82, 2.24) is 4.81 Å². The Morgan fingerprint density at radius 3 is 2.50 bits per heavy atom. The molecule has 0 atom stereocenters. The molecule has 0 amide bonds. The third kappa shape index (κ3) is 5.35. The molecule has 0 aliphatic carbocycles. The van der Waals surface area contributed by atoms with E-state index < -0.39 is 17.7 Å². The zero-order chi connectivity index (χ0) is 20.1. The number of rotatable bonds is 7. The summed E-state index contributed by atoms with van der Waals surface area (Å²) in [6.07, 6.45) is -4.60. The van der Waals surface area contributed by atoms with Crippen LogP contribution < -0.4 is 9.47 Å². The number of halogens is 3. The fraction of sp³-hybridized carbons (Fsp3) is 0.263. The molecule has 28 heavy (non-hydrogen) atoms. The zero-order valence-electron chi connectivity index (χ0n) is 14.7. The van der Waals surface area contributed by atoms with Crippen LogP contribution in [0.25, 0.3) is 0 Å². The van der Waals surface area contributed by atoms with Crippen molar-refractivity contribution in [3.05, 3.63) is 59.7 Å².